The van der Waals surface area contributed by atoms with Crippen LogP contribution >= 0.6 is 0 Å². The van der Waals surface area contributed by atoms with Gasteiger partial charge in [0, 0.05) is 18.2 Å². The minimum atomic E-state index is -0.894. The second-order valence-electron chi connectivity index (χ2n) is 4.12. The molecule has 2 atom stereocenters. The van der Waals surface area contributed by atoms with Gasteiger partial charge in [0.05, 0.1) is 0 Å². The normalized spacial score (nSPS) is 24.7. The number of carbonyl (C=O) groups excluding carboxylic acids is 1. The van der Waals surface area contributed by atoms with Gasteiger partial charge in [0.25, 0.3) is 0 Å². The molecular weight excluding hydrogens is 212 g/mol. The van der Waals surface area contributed by atoms with E-state index in [1.807, 2.05) is 0 Å². The van der Waals surface area contributed by atoms with Gasteiger partial charge in [-0.3, -0.25) is 4.79 Å². The van der Waals surface area contributed by atoms with Crippen LogP contribution in [-0.4, -0.2) is 18.5 Å². The van der Waals surface area contributed by atoms with Gasteiger partial charge in [-0.15, -0.1) is 0 Å². The fourth-order valence-corrected chi connectivity index (χ4v) is 1.96. The molecule has 1 fully saturated rings. The molecule has 1 unspecified atom stereocenters. The molecular formula is C12H13F2NO. The van der Waals surface area contributed by atoms with E-state index in [4.69, 9.17) is 0 Å². The van der Waals surface area contributed by atoms with Crippen LogP contribution in [0.3, 0.4) is 0 Å². The Hall–Kier alpha value is -1.29. The second kappa shape index (κ2) is 4.29. The largest absolute Gasteiger partial charge is 0.307 e. The molecule has 86 valence electrons. The first-order chi connectivity index (χ1) is 7.56. The molecule has 1 N–H and O–H groups in total. The maximum Gasteiger partial charge on any atom is 0.159 e. The Morgan fingerprint density at radius 3 is 2.75 bits per heavy atom. The van der Waals surface area contributed by atoms with Crippen molar-refractivity contribution < 1.29 is 13.6 Å². The van der Waals surface area contributed by atoms with E-state index in [1.165, 1.54) is 19.1 Å². The number of nitrogens with one attached hydrogen (secondary N) is 1. The highest BCUT2D eigenvalue weighted by Gasteiger charge is 2.25. The first kappa shape index (κ1) is 11.2. The Kier molecular flexibility index (Phi) is 3.01. The number of benzene rings is 1. The molecule has 2 rings (SSSR count). The van der Waals surface area contributed by atoms with Crippen LogP contribution < -0.4 is 5.32 Å². The summed E-state index contributed by atoms with van der Waals surface area (Å²) in [5, 5.41) is 2.96. The smallest absolute Gasteiger partial charge is 0.159 e. The van der Waals surface area contributed by atoms with E-state index in [9.17, 15) is 13.6 Å². The topological polar surface area (TPSA) is 29.1 Å². The third kappa shape index (κ3) is 2.27. The van der Waals surface area contributed by atoms with Gasteiger partial charge >= 0.3 is 0 Å². The molecule has 0 amide bonds. The van der Waals surface area contributed by atoms with Crippen LogP contribution in [0.5, 0.6) is 0 Å². The summed E-state index contributed by atoms with van der Waals surface area (Å²) in [7, 11) is 0. The quantitative estimate of drug-likeness (QED) is 0.783. The predicted molar refractivity (Wildman–Crippen MR) is 56.7 cm³/mol. The highest BCUT2D eigenvalue weighted by Crippen LogP contribution is 2.26. The first-order valence-corrected chi connectivity index (χ1v) is 5.25. The minimum absolute atomic E-state index is 0.185. The van der Waals surface area contributed by atoms with Crippen LogP contribution in [0, 0.1) is 5.82 Å². The van der Waals surface area contributed by atoms with E-state index in [0.717, 1.165) is 0 Å². The number of ketones is 1. The summed E-state index contributed by atoms with van der Waals surface area (Å²) in [6.45, 7) is 1.68. The highest BCUT2D eigenvalue weighted by molar-refractivity contribution is 5.94. The van der Waals surface area contributed by atoms with Gasteiger partial charge in [0.1, 0.15) is 12.0 Å². The minimum Gasteiger partial charge on any atom is -0.307 e. The number of hydrogen-bond donors (Lipinski definition) is 1. The maximum absolute atomic E-state index is 13.3. The average molecular weight is 225 g/mol. The third-order valence-corrected chi connectivity index (χ3v) is 2.81. The van der Waals surface area contributed by atoms with Gasteiger partial charge in [0.15, 0.2) is 5.78 Å². The number of rotatable bonds is 2. The van der Waals surface area contributed by atoms with Crippen LogP contribution in [0.4, 0.5) is 8.78 Å². The molecule has 1 aromatic rings. The summed E-state index contributed by atoms with van der Waals surface area (Å²) in [6.07, 6.45) is -0.560. The number of Topliss-reactive ketones (excluding diaryl/α,β-unsaturated/α-hetero) is 1. The van der Waals surface area contributed by atoms with E-state index in [1.54, 1.807) is 6.07 Å². The van der Waals surface area contributed by atoms with Crippen LogP contribution in [0.25, 0.3) is 0 Å². The van der Waals surface area contributed by atoms with Gasteiger partial charge in [-0.1, -0.05) is 0 Å². The van der Waals surface area contributed by atoms with Crippen molar-refractivity contribution in [1.29, 1.82) is 0 Å². The van der Waals surface area contributed by atoms with Crippen molar-refractivity contribution in [2.24, 2.45) is 0 Å². The highest BCUT2D eigenvalue weighted by atomic mass is 19.1. The van der Waals surface area contributed by atoms with E-state index < -0.39 is 12.0 Å². The molecule has 2 nitrogen and oxygen atoms in total. The van der Waals surface area contributed by atoms with Gasteiger partial charge in [0.2, 0.25) is 0 Å². The van der Waals surface area contributed by atoms with Gasteiger partial charge in [-0.2, -0.15) is 0 Å². The molecule has 0 spiro atoms. The van der Waals surface area contributed by atoms with Crippen molar-refractivity contribution in [3.05, 3.63) is 35.1 Å². The lowest BCUT2D eigenvalue weighted by atomic mass is 10.0. The number of halogens is 2. The number of hydrogen-bond acceptors (Lipinski definition) is 2. The van der Waals surface area contributed by atoms with Crippen LogP contribution in [-0.2, 0) is 0 Å². The lowest BCUT2D eigenvalue weighted by molar-refractivity contribution is 0.101. The predicted octanol–water partition coefficient (Wildman–Crippen LogP) is 2.40. The summed E-state index contributed by atoms with van der Waals surface area (Å²) in [5.41, 5.74) is 0.976. The van der Waals surface area contributed by atoms with Crippen molar-refractivity contribution in [2.45, 2.75) is 25.6 Å². The van der Waals surface area contributed by atoms with Crippen molar-refractivity contribution in [1.82, 2.24) is 5.32 Å². The van der Waals surface area contributed by atoms with Gasteiger partial charge < -0.3 is 5.32 Å². The first-order valence-electron chi connectivity index (χ1n) is 5.25. The Morgan fingerprint density at radius 2 is 2.19 bits per heavy atom. The van der Waals surface area contributed by atoms with Gasteiger partial charge in [-0.25, -0.2) is 8.78 Å². The summed E-state index contributed by atoms with van der Waals surface area (Å²) in [5.74, 6) is -0.637. The Bertz CT molecular complexity index is 419. The molecule has 16 heavy (non-hydrogen) atoms. The molecule has 4 heteroatoms. The summed E-state index contributed by atoms with van der Waals surface area (Å²) < 4.78 is 26.3. The Labute approximate surface area is 92.7 Å². The molecule has 1 aliphatic heterocycles. The summed E-state index contributed by atoms with van der Waals surface area (Å²) >= 11 is 0. The zero-order valence-corrected chi connectivity index (χ0v) is 8.97. The molecule has 0 aromatic heterocycles. The maximum atomic E-state index is 13.3. The number of carbonyl (C=O) groups is 1. The summed E-state index contributed by atoms with van der Waals surface area (Å²) in [4.78, 5) is 11.2. The molecule has 0 aliphatic carbocycles. The van der Waals surface area contributed by atoms with Gasteiger partial charge in [-0.05, 0) is 37.1 Å². The fourth-order valence-electron chi connectivity index (χ4n) is 1.96. The van der Waals surface area contributed by atoms with Crippen LogP contribution in [0.15, 0.2) is 18.2 Å². The van der Waals surface area contributed by atoms with E-state index in [0.29, 0.717) is 17.5 Å². The second-order valence-corrected chi connectivity index (χ2v) is 4.12. The fraction of sp³-hybridized carbons (Fsp3) is 0.417. The van der Waals surface area contributed by atoms with Crippen LogP contribution in [0.1, 0.15) is 35.3 Å². The third-order valence-electron chi connectivity index (χ3n) is 2.81. The Morgan fingerprint density at radius 1 is 1.44 bits per heavy atom. The molecule has 0 saturated carbocycles. The molecule has 0 radical (unpaired) electrons. The standard InChI is InChI=1S/C12H13F2NO/c1-7(16)8-2-9(4-10(13)3-8)12-5-11(14)6-15-12/h2-4,11-12,15H,5-6H2,1H3/t11-,12?/m0/s1. The Balaban J connectivity index is 2.30. The summed E-state index contributed by atoms with van der Waals surface area (Å²) in [6, 6.07) is 3.99. The lowest BCUT2D eigenvalue weighted by Gasteiger charge is -2.11. The van der Waals surface area contributed by atoms with E-state index in [2.05, 4.69) is 5.32 Å². The van der Waals surface area contributed by atoms with Crippen molar-refractivity contribution in [2.75, 3.05) is 6.54 Å². The molecule has 1 aromatic carbocycles. The van der Waals surface area contributed by atoms with Crippen molar-refractivity contribution in [3.63, 3.8) is 0 Å². The monoisotopic (exact) mass is 225 g/mol. The van der Waals surface area contributed by atoms with Crippen LogP contribution in [0.2, 0.25) is 0 Å². The zero-order chi connectivity index (χ0) is 11.7. The zero-order valence-electron chi connectivity index (χ0n) is 8.97. The molecule has 1 heterocycles. The SMILES string of the molecule is CC(=O)c1cc(F)cc(C2C[C@H](F)CN2)c1. The molecule has 1 saturated heterocycles. The molecule has 1 aliphatic rings. The number of alkyl halides is 1. The van der Waals surface area contributed by atoms with Crippen molar-refractivity contribution >= 4 is 5.78 Å². The van der Waals surface area contributed by atoms with Crippen molar-refractivity contribution in [3.8, 4) is 0 Å². The van der Waals surface area contributed by atoms with E-state index >= 15 is 0 Å². The lowest BCUT2D eigenvalue weighted by Crippen LogP contribution is -2.14. The van der Waals surface area contributed by atoms with E-state index in [-0.39, 0.29) is 18.4 Å². The molecule has 0 bridgehead atoms. The average Bonchev–Trinajstić information content (AvgIpc) is 2.64.